The maximum absolute atomic E-state index is 13.8. The molecule has 2 heterocycles. The van der Waals surface area contributed by atoms with Gasteiger partial charge in [-0.15, -0.1) is 0 Å². The summed E-state index contributed by atoms with van der Waals surface area (Å²) < 4.78 is 32.6. The van der Waals surface area contributed by atoms with Gasteiger partial charge in [0.05, 0.1) is 30.6 Å². The second kappa shape index (κ2) is 7.59. The van der Waals surface area contributed by atoms with Gasteiger partial charge in [-0.05, 0) is 19.1 Å². The second-order valence-corrected chi connectivity index (χ2v) is 6.01. The molecule has 3 aromatic rings. The normalized spacial score (nSPS) is 12.0. The molecule has 0 aliphatic rings. The van der Waals surface area contributed by atoms with Gasteiger partial charge >= 0.3 is 5.69 Å². The van der Waals surface area contributed by atoms with Gasteiger partial charge in [0.25, 0.3) is 5.56 Å². The van der Waals surface area contributed by atoms with Crippen LogP contribution in [-0.4, -0.2) is 27.6 Å². The Labute approximate surface area is 156 Å². The van der Waals surface area contributed by atoms with Gasteiger partial charge in [-0.2, -0.15) is 0 Å². The highest BCUT2D eigenvalue weighted by molar-refractivity contribution is 5.84. The standard InChI is InChI=1S/C18H16F2N4O4/c1-9(16-11(20)6-10(19)7-21-16)22-14(25)8-24-17(26)15-12(23-18(24)27)4-3-5-13(15)28-2/h3-7,9H,8H2,1-2H3,(H,22,25)(H,23,27). The Hall–Kier alpha value is -3.56. The molecule has 10 heteroatoms. The first-order valence-corrected chi connectivity index (χ1v) is 8.22. The summed E-state index contributed by atoms with van der Waals surface area (Å²) in [5, 5.41) is 2.55. The number of nitrogens with one attached hydrogen (secondary N) is 2. The number of hydrogen-bond acceptors (Lipinski definition) is 5. The van der Waals surface area contributed by atoms with Gasteiger partial charge < -0.3 is 15.0 Å². The van der Waals surface area contributed by atoms with Crippen molar-refractivity contribution in [3.8, 4) is 5.75 Å². The Morgan fingerprint density at radius 1 is 1.36 bits per heavy atom. The van der Waals surface area contributed by atoms with Crippen LogP contribution < -0.4 is 21.3 Å². The maximum Gasteiger partial charge on any atom is 0.329 e. The van der Waals surface area contributed by atoms with Crippen LogP contribution in [0.5, 0.6) is 5.75 Å². The molecule has 146 valence electrons. The fraction of sp³-hybridized carbons (Fsp3) is 0.222. The number of methoxy groups -OCH3 is 1. The van der Waals surface area contributed by atoms with E-state index in [1.54, 1.807) is 12.1 Å². The van der Waals surface area contributed by atoms with Gasteiger partial charge in [0.15, 0.2) is 0 Å². The van der Waals surface area contributed by atoms with Crippen molar-refractivity contribution < 1.29 is 18.3 Å². The highest BCUT2D eigenvalue weighted by Crippen LogP contribution is 2.19. The third kappa shape index (κ3) is 3.61. The third-order valence-corrected chi connectivity index (χ3v) is 4.12. The minimum atomic E-state index is -0.918. The molecule has 0 aliphatic carbocycles. The van der Waals surface area contributed by atoms with E-state index in [4.69, 9.17) is 4.74 Å². The van der Waals surface area contributed by atoms with Crippen molar-refractivity contribution >= 4 is 16.8 Å². The molecule has 3 rings (SSSR count). The molecule has 0 aliphatic heterocycles. The van der Waals surface area contributed by atoms with E-state index in [1.165, 1.54) is 20.1 Å². The summed E-state index contributed by atoms with van der Waals surface area (Å²) >= 11 is 0. The number of aromatic amines is 1. The molecule has 2 aromatic heterocycles. The van der Waals surface area contributed by atoms with Gasteiger partial charge in [0.2, 0.25) is 5.91 Å². The Balaban J connectivity index is 1.89. The Bertz CT molecular complexity index is 1170. The quantitative estimate of drug-likeness (QED) is 0.682. The number of pyridine rings is 1. The summed E-state index contributed by atoms with van der Waals surface area (Å²) in [6.45, 7) is 0.840. The van der Waals surface area contributed by atoms with Gasteiger partial charge in [-0.3, -0.25) is 19.1 Å². The van der Waals surface area contributed by atoms with Crippen molar-refractivity contribution in [2.24, 2.45) is 0 Å². The highest BCUT2D eigenvalue weighted by atomic mass is 19.1. The molecule has 8 nitrogen and oxygen atoms in total. The number of fused-ring (bicyclic) bond motifs is 1. The van der Waals surface area contributed by atoms with Crippen molar-refractivity contribution in [3.05, 3.63) is 68.6 Å². The molecule has 2 N–H and O–H groups in total. The predicted molar refractivity (Wildman–Crippen MR) is 96.1 cm³/mol. The first-order chi connectivity index (χ1) is 13.3. The Kier molecular flexibility index (Phi) is 5.21. The average molecular weight is 390 g/mol. The molecule has 1 aromatic carbocycles. The smallest absolute Gasteiger partial charge is 0.329 e. The van der Waals surface area contributed by atoms with Crippen LogP contribution in [0.4, 0.5) is 8.78 Å². The summed E-state index contributed by atoms with van der Waals surface area (Å²) in [6, 6.07) is 4.45. The van der Waals surface area contributed by atoms with Crippen molar-refractivity contribution in [1.29, 1.82) is 0 Å². The molecule has 1 amide bonds. The zero-order valence-corrected chi connectivity index (χ0v) is 15.0. The SMILES string of the molecule is COc1cccc2[nH]c(=O)n(CC(=O)NC(C)c3ncc(F)cc3F)c(=O)c12. The lowest BCUT2D eigenvalue weighted by Gasteiger charge is -2.15. The van der Waals surface area contributed by atoms with Crippen molar-refractivity contribution in [1.82, 2.24) is 19.9 Å². The van der Waals surface area contributed by atoms with E-state index in [1.807, 2.05) is 0 Å². The fourth-order valence-corrected chi connectivity index (χ4v) is 2.82. The topological polar surface area (TPSA) is 106 Å². The van der Waals surface area contributed by atoms with Gasteiger partial charge in [0.1, 0.15) is 29.3 Å². The Morgan fingerprint density at radius 3 is 2.79 bits per heavy atom. The number of nitrogens with zero attached hydrogens (tertiary/aromatic N) is 2. The average Bonchev–Trinajstić information content (AvgIpc) is 2.64. The van der Waals surface area contributed by atoms with E-state index in [-0.39, 0.29) is 22.3 Å². The third-order valence-electron chi connectivity index (χ3n) is 4.12. The first-order valence-electron chi connectivity index (χ1n) is 8.22. The minimum absolute atomic E-state index is 0.122. The van der Waals surface area contributed by atoms with Crippen LogP contribution in [0, 0.1) is 11.6 Å². The number of H-pyrrole nitrogens is 1. The molecule has 1 unspecified atom stereocenters. The predicted octanol–water partition coefficient (Wildman–Crippen LogP) is 1.25. The number of rotatable bonds is 5. The van der Waals surface area contributed by atoms with Crippen molar-refractivity contribution in [2.75, 3.05) is 7.11 Å². The zero-order chi connectivity index (χ0) is 20.4. The first kappa shape index (κ1) is 19.2. The van der Waals surface area contributed by atoms with Crippen LogP contribution in [0.15, 0.2) is 40.1 Å². The van der Waals surface area contributed by atoms with E-state index in [0.717, 1.165) is 6.20 Å². The molecule has 0 spiro atoms. The molecule has 0 radical (unpaired) electrons. The van der Waals surface area contributed by atoms with E-state index >= 15 is 0 Å². The summed E-state index contributed by atoms with van der Waals surface area (Å²) in [4.78, 5) is 43.3. The molecule has 0 saturated carbocycles. The van der Waals surface area contributed by atoms with Gasteiger partial charge in [-0.25, -0.2) is 13.6 Å². The van der Waals surface area contributed by atoms with Crippen LogP contribution in [0.3, 0.4) is 0 Å². The molecule has 0 fully saturated rings. The van der Waals surface area contributed by atoms with Crippen molar-refractivity contribution in [3.63, 3.8) is 0 Å². The number of aromatic nitrogens is 3. The monoisotopic (exact) mass is 390 g/mol. The van der Waals surface area contributed by atoms with E-state index in [2.05, 4.69) is 15.3 Å². The number of ether oxygens (including phenoxy) is 1. The van der Waals surface area contributed by atoms with Crippen LogP contribution in [0.2, 0.25) is 0 Å². The van der Waals surface area contributed by atoms with Crippen molar-refractivity contribution in [2.45, 2.75) is 19.5 Å². The number of benzene rings is 1. The molecule has 28 heavy (non-hydrogen) atoms. The van der Waals surface area contributed by atoms with Crippen LogP contribution in [0.25, 0.3) is 10.9 Å². The maximum atomic E-state index is 13.8. The highest BCUT2D eigenvalue weighted by Gasteiger charge is 2.18. The molecule has 1 atom stereocenters. The number of carbonyl (C=O) groups is 1. The Morgan fingerprint density at radius 2 is 2.11 bits per heavy atom. The molecule has 0 saturated heterocycles. The summed E-state index contributed by atoms with van der Waals surface area (Å²) in [5.74, 6) is -2.24. The second-order valence-electron chi connectivity index (χ2n) is 6.01. The molecular weight excluding hydrogens is 374 g/mol. The van der Waals surface area contributed by atoms with E-state index < -0.39 is 41.4 Å². The minimum Gasteiger partial charge on any atom is -0.496 e. The lowest BCUT2D eigenvalue weighted by Crippen LogP contribution is -2.41. The summed E-state index contributed by atoms with van der Waals surface area (Å²) in [7, 11) is 1.38. The lowest BCUT2D eigenvalue weighted by molar-refractivity contribution is -0.122. The lowest BCUT2D eigenvalue weighted by atomic mass is 10.2. The van der Waals surface area contributed by atoms with Gasteiger partial charge in [-0.1, -0.05) is 6.07 Å². The largest absolute Gasteiger partial charge is 0.496 e. The van der Waals surface area contributed by atoms with Crippen LogP contribution in [-0.2, 0) is 11.3 Å². The number of carbonyl (C=O) groups excluding carboxylic acids is 1. The number of hydrogen-bond donors (Lipinski definition) is 2. The van der Waals surface area contributed by atoms with Crippen LogP contribution >= 0.6 is 0 Å². The van der Waals surface area contributed by atoms with Gasteiger partial charge in [0, 0.05) is 6.07 Å². The number of amides is 1. The van der Waals surface area contributed by atoms with Crippen LogP contribution in [0.1, 0.15) is 18.7 Å². The summed E-state index contributed by atoms with van der Waals surface area (Å²) in [5.41, 5.74) is -1.38. The molecular formula is C18H16F2N4O4. The van der Waals surface area contributed by atoms with E-state index in [9.17, 15) is 23.2 Å². The summed E-state index contributed by atoms with van der Waals surface area (Å²) in [6.07, 6.45) is 0.825. The fourth-order valence-electron chi connectivity index (χ4n) is 2.82. The van der Waals surface area contributed by atoms with E-state index in [0.29, 0.717) is 10.6 Å². The number of halogens is 2. The zero-order valence-electron chi connectivity index (χ0n) is 15.0. The molecule has 0 bridgehead atoms.